The molecule has 1 aliphatic heterocycles. The van der Waals surface area contributed by atoms with E-state index >= 15 is 0 Å². The lowest BCUT2D eigenvalue weighted by Gasteiger charge is -2.32. The summed E-state index contributed by atoms with van der Waals surface area (Å²) in [5.74, 6) is 0. The highest BCUT2D eigenvalue weighted by atomic mass is 16.7. The van der Waals surface area contributed by atoms with Crippen LogP contribution in [0.3, 0.4) is 0 Å². The van der Waals surface area contributed by atoms with Crippen molar-refractivity contribution < 1.29 is 9.31 Å². The van der Waals surface area contributed by atoms with Crippen molar-refractivity contribution in [1.82, 2.24) is 9.55 Å². The quantitative estimate of drug-likeness (QED) is 0.660. The highest BCUT2D eigenvalue weighted by Gasteiger charge is 2.51. The molecule has 1 aliphatic rings. The van der Waals surface area contributed by atoms with Gasteiger partial charge in [-0.25, -0.2) is 0 Å². The molecule has 3 heterocycles. The first-order valence-corrected chi connectivity index (χ1v) is 9.57. The molecule has 3 aromatic rings. The SMILES string of the molecule is Cc1ccc(Cn2ccc3ncc(B4OC(C)(C)C(C)(C)O4)cc3c2=O)cc1. The van der Waals surface area contributed by atoms with Crippen LogP contribution >= 0.6 is 0 Å². The number of hydrogen-bond donors (Lipinski definition) is 0. The second kappa shape index (κ2) is 6.57. The van der Waals surface area contributed by atoms with Crippen LogP contribution in [0.25, 0.3) is 10.9 Å². The molecule has 0 spiro atoms. The Balaban J connectivity index is 1.70. The van der Waals surface area contributed by atoms with E-state index in [9.17, 15) is 4.79 Å². The van der Waals surface area contributed by atoms with Gasteiger partial charge in [-0.05, 0) is 52.3 Å². The number of pyridine rings is 2. The van der Waals surface area contributed by atoms with Gasteiger partial charge in [-0.15, -0.1) is 0 Å². The second-order valence-electron chi connectivity index (χ2n) is 8.52. The molecule has 0 atom stereocenters. The van der Waals surface area contributed by atoms with Crippen molar-refractivity contribution in [3.63, 3.8) is 0 Å². The van der Waals surface area contributed by atoms with E-state index in [0.29, 0.717) is 17.4 Å². The molecular weight excluding hydrogens is 351 g/mol. The molecule has 28 heavy (non-hydrogen) atoms. The topological polar surface area (TPSA) is 53.4 Å². The number of aromatic nitrogens is 2. The zero-order chi connectivity index (χ0) is 20.1. The van der Waals surface area contributed by atoms with E-state index in [4.69, 9.17) is 9.31 Å². The molecule has 0 saturated carbocycles. The van der Waals surface area contributed by atoms with E-state index < -0.39 is 18.3 Å². The number of fused-ring (bicyclic) bond motifs is 1. The largest absolute Gasteiger partial charge is 0.496 e. The average Bonchev–Trinajstić information content (AvgIpc) is 2.86. The van der Waals surface area contributed by atoms with E-state index in [1.54, 1.807) is 17.0 Å². The molecule has 1 aromatic carbocycles. The van der Waals surface area contributed by atoms with Crippen LogP contribution < -0.4 is 11.0 Å². The summed E-state index contributed by atoms with van der Waals surface area (Å²) in [5.41, 5.74) is 2.78. The Kier molecular flexibility index (Phi) is 4.44. The molecule has 5 nitrogen and oxygen atoms in total. The zero-order valence-electron chi connectivity index (χ0n) is 17.0. The average molecular weight is 376 g/mol. The molecule has 2 aromatic heterocycles. The predicted molar refractivity (Wildman–Crippen MR) is 112 cm³/mol. The minimum atomic E-state index is -0.535. The Morgan fingerprint density at radius 1 is 1.04 bits per heavy atom. The fraction of sp³-hybridized carbons (Fsp3) is 0.364. The summed E-state index contributed by atoms with van der Waals surface area (Å²) in [4.78, 5) is 17.5. The first-order valence-electron chi connectivity index (χ1n) is 9.57. The van der Waals surface area contributed by atoms with Crippen molar-refractivity contribution in [3.05, 3.63) is 70.3 Å². The van der Waals surface area contributed by atoms with E-state index in [2.05, 4.69) is 24.0 Å². The van der Waals surface area contributed by atoms with Crippen molar-refractivity contribution in [3.8, 4) is 0 Å². The number of benzene rings is 1. The summed E-state index contributed by atoms with van der Waals surface area (Å²) in [7, 11) is -0.535. The van der Waals surface area contributed by atoms with Crippen molar-refractivity contribution >= 4 is 23.5 Å². The van der Waals surface area contributed by atoms with Crippen LogP contribution in [0.4, 0.5) is 0 Å². The smallest absolute Gasteiger partial charge is 0.399 e. The van der Waals surface area contributed by atoms with Gasteiger partial charge in [0, 0.05) is 17.9 Å². The van der Waals surface area contributed by atoms with Gasteiger partial charge < -0.3 is 13.9 Å². The van der Waals surface area contributed by atoms with Gasteiger partial charge in [0.2, 0.25) is 0 Å². The van der Waals surface area contributed by atoms with Gasteiger partial charge in [-0.3, -0.25) is 9.78 Å². The van der Waals surface area contributed by atoms with Crippen LogP contribution in [0, 0.1) is 6.92 Å². The van der Waals surface area contributed by atoms with Crippen molar-refractivity contribution in [1.29, 1.82) is 0 Å². The van der Waals surface area contributed by atoms with E-state index in [1.165, 1.54) is 5.56 Å². The van der Waals surface area contributed by atoms with E-state index in [-0.39, 0.29) is 5.56 Å². The van der Waals surface area contributed by atoms with Crippen LogP contribution in [0.15, 0.2) is 53.6 Å². The summed E-state index contributed by atoms with van der Waals surface area (Å²) in [6.07, 6.45) is 3.53. The minimum absolute atomic E-state index is 0.0658. The van der Waals surface area contributed by atoms with Crippen LogP contribution in [-0.2, 0) is 15.9 Å². The minimum Gasteiger partial charge on any atom is -0.399 e. The lowest BCUT2D eigenvalue weighted by Crippen LogP contribution is -2.41. The summed E-state index contributed by atoms with van der Waals surface area (Å²) in [6, 6.07) is 11.9. The van der Waals surface area contributed by atoms with Gasteiger partial charge in [-0.1, -0.05) is 29.8 Å². The fourth-order valence-corrected chi connectivity index (χ4v) is 3.30. The molecule has 4 rings (SSSR count). The maximum atomic E-state index is 13.1. The number of nitrogens with zero attached hydrogens (tertiary/aromatic N) is 2. The van der Waals surface area contributed by atoms with Crippen LogP contribution in [0.5, 0.6) is 0 Å². The van der Waals surface area contributed by atoms with Gasteiger partial charge >= 0.3 is 7.12 Å². The zero-order valence-corrected chi connectivity index (χ0v) is 17.0. The maximum Gasteiger partial charge on any atom is 0.496 e. The maximum absolute atomic E-state index is 13.1. The van der Waals surface area contributed by atoms with Crippen molar-refractivity contribution in [2.45, 2.75) is 52.4 Å². The molecule has 0 radical (unpaired) electrons. The lowest BCUT2D eigenvalue weighted by molar-refractivity contribution is 0.00578. The predicted octanol–water partition coefficient (Wildman–Crippen LogP) is 3.05. The van der Waals surface area contributed by atoms with Gasteiger partial charge in [0.15, 0.2) is 0 Å². The summed E-state index contributed by atoms with van der Waals surface area (Å²) in [6.45, 7) is 10.6. The summed E-state index contributed by atoms with van der Waals surface area (Å²) < 4.78 is 13.9. The molecular formula is C22H25BN2O3. The Bertz CT molecular complexity index is 1070. The van der Waals surface area contributed by atoms with Crippen molar-refractivity contribution in [2.24, 2.45) is 0 Å². The Hall–Kier alpha value is -2.44. The normalized spacial score (nSPS) is 18.0. The van der Waals surface area contributed by atoms with Crippen LogP contribution in [-0.4, -0.2) is 27.9 Å². The third-order valence-electron chi connectivity index (χ3n) is 5.84. The van der Waals surface area contributed by atoms with Gasteiger partial charge in [0.05, 0.1) is 28.6 Å². The molecule has 1 fully saturated rings. The van der Waals surface area contributed by atoms with E-state index in [0.717, 1.165) is 11.0 Å². The molecule has 0 N–H and O–H groups in total. The molecule has 6 heteroatoms. The monoisotopic (exact) mass is 376 g/mol. The summed E-state index contributed by atoms with van der Waals surface area (Å²) in [5, 5.41) is 0.571. The fourth-order valence-electron chi connectivity index (χ4n) is 3.30. The highest BCUT2D eigenvalue weighted by molar-refractivity contribution is 6.62. The number of rotatable bonds is 3. The van der Waals surface area contributed by atoms with Gasteiger partial charge in [0.25, 0.3) is 5.56 Å². The second-order valence-corrected chi connectivity index (χ2v) is 8.52. The van der Waals surface area contributed by atoms with Crippen molar-refractivity contribution in [2.75, 3.05) is 0 Å². The number of aryl methyl sites for hydroxylation is 1. The lowest BCUT2D eigenvalue weighted by atomic mass is 9.80. The van der Waals surface area contributed by atoms with Gasteiger partial charge in [0.1, 0.15) is 0 Å². The molecule has 1 saturated heterocycles. The third kappa shape index (κ3) is 3.27. The number of hydrogen-bond acceptors (Lipinski definition) is 4. The van der Waals surface area contributed by atoms with E-state index in [1.807, 2.05) is 52.0 Å². The molecule has 0 amide bonds. The molecule has 0 aliphatic carbocycles. The molecule has 144 valence electrons. The third-order valence-corrected chi connectivity index (χ3v) is 5.84. The highest BCUT2D eigenvalue weighted by Crippen LogP contribution is 2.36. The Morgan fingerprint density at radius 3 is 2.32 bits per heavy atom. The van der Waals surface area contributed by atoms with Crippen LogP contribution in [0.2, 0.25) is 0 Å². The first kappa shape index (κ1) is 18.9. The Labute approximate surface area is 165 Å². The van der Waals surface area contributed by atoms with Crippen LogP contribution in [0.1, 0.15) is 38.8 Å². The standard InChI is InChI=1S/C22H25BN2O3/c1-15-6-8-16(9-7-15)14-25-11-10-19-18(20(25)26)12-17(13-24-19)23-27-21(2,3)22(4,5)28-23/h6-13H,14H2,1-5H3. The van der Waals surface area contributed by atoms with Gasteiger partial charge in [-0.2, -0.15) is 0 Å². The molecule has 0 bridgehead atoms. The first-order chi connectivity index (χ1) is 13.2. The Morgan fingerprint density at radius 2 is 1.68 bits per heavy atom. The summed E-state index contributed by atoms with van der Waals surface area (Å²) >= 11 is 0. The molecule has 0 unspecified atom stereocenters.